The summed E-state index contributed by atoms with van der Waals surface area (Å²) >= 11 is 0. The van der Waals surface area contributed by atoms with E-state index in [4.69, 9.17) is 0 Å². The van der Waals surface area contributed by atoms with Gasteiger partial charge in [-0.2, -0.15) is 0 Å². The number of hydrogen-bond acceptors (Lipinski definition) is 3. The summed E-state index contributed by atoms with van der Waals surface area (Å²) in [6, 6.07) is 0. The van der Waals surface area contributed by atoms with Gasteiger partial charge >= 0.3 is 0 Å². The number of nitrogens with zero attached hydrogens (tertiary/aromatic N) is 1. The van der Waals surface area contributed by atoms with Crippen molar-refractivity contribution in [3.05, 3.63) is 0 Å². The predicted octanol–water partition coefficient (Wildman–Crippen LogP) is 1.39. The maximum atomic E-state index is 11.6. The first-order chi connectivity index (χ1) is 7.02. The lowest BCUT2D eigenvalue weighted by molar-refractivity contribution is -0.141. The van der Waals surface area contributed by atoms with Crippen LogP contribution in [0.25, 0.3) is 0 Å². The average Bonchev–Trinajstić information content (AvgIpc) is 2.22. The number of amides is 2. The molecule has 0 aromatic carbocycles. The molecule has 0 saturated carbocycles. The van der Waals surface area contributed by atoms with E-state index in [2.05, 4.69) is 0 Å². The third kappa shape index (κ3) is 5.30. The highest BCUT2D eigenvalue weighted by atomic mass is 16.2. The molecule has 0 aliphatic carbocycles. The first kappa shape index (κ1) is 13.8. The molecule has 0 aromatic heterocycles. The van der Waals surface area contributed by atoms with Crippen LogP contribution in [-0.2, 0) is 14.4 Å². The molecule has 2 amide bonds. The van der Waals surface area contributed by atoms with Crippen LogP contribution in [-0.4, -0.2) is 29.5 Å². The van der Waals surface area contributed by atoms with E-state index in [1.165, 1.54) is 6.92 Å². The molecule has 0 heterocycles. The molecule has 0 rings (SSSR count). The van der Waals surface area contributed by atoms with Crippen molar-refractivity contribution in [3.8, 4) is 0 Å². The van der Waals surface area contributed by atoms with E-state index >= 15 is 0 Å². The van der Waals surface area contributed by atoms with Crippen LogP contribution >= 0.6 is 0 Å². The zero-order valence-electron chi connectivity index (χ0n) is 9.66. The number of ketones is 1. The van der Waals surface area contributed by atoms with Gasteiger partial charge in [0.05, 0.1) is 0 Å². The predicted molar refractivity (Wildman–Crippen MR) is 57.1 cm³/mol. The van der Waals surface area contributed by atoms with Crippen LogP contribution in [0, 0.1) is 5.92 Å². The molecule has 0 fully saturated rings. The van der Waals surface area contributed by atoms with Crippen molar-refractivity contribution < 1.29 is 14.4 Å². The summed E-state index contributed by atoms with van der Waals surface area (Å²) < 4.78 is 0. The summed E-state index contributed by atoms with van der Waals surface area (Å²) in [6.45, 7) is 5.54. The third-order valence-corrected chi connectivity index (χ3v) is 2.37. The average molecular weight is 213 g/mol. The van der Waals surface area contributed by atoms with E-state index in [9.17, 15) is 14.4 Å². The molecule has 86 valence electrons. The summed E-state index contributed by atoms with van der Waals surface area (Å²) in [6.07, 6.45) is 2.24. The van der Waals surface area contributed by atoms with Crippen LogP contribution < -0.4 is 0 Å². The minimum atomic E-state index is -0.156. The van der Waals surface area contributed by atoms with Crippen LogP contribution in [0.3, 0.4) is 0 Å². The molecule has 0 aliphatic heterocycles. The highest BCUT2D eigenvalue weighted by Crippen LogP contribution is 2.06. The first-order valence-electron chi connectivity index (χ1n) is 5.28. The van der Waals surface area contributed by atoms with Gasteiger partial charge in [-0.25, -0.2) is 0 Å². The molecule has 4 nitrogen and oxygen atoms in total. The van der Waals surface area contributed by atoms with Crippen LogP contribution in [0.5, 0.6) is 0 Å². The summed E-state index contributed by atoms with van der Waals surface area (Å²) in [5, 5.41) is 0. The lowest BCUT2D eigenvalue weighted by Gasteiger charge is -2.18. The second-order valence-corrected chi connectivity index (χ2v) is 3.75. The molecular formula is C11H19NO3. The molecule has 0 spiro atoms. The van der Waals surface area contributed by atoms with Gasteiger partial charge in [-0.1, -0.05) is 13.8 Å². The van der Waals surface area contributed by atoms with Crippen LogP contribution in [0.4, 0.5) is 0 Å². The number of rotatable bonds is 7. The van der Waals surface area contributed by atoms with Crippen molar-refractivity contribution in [3.63, 3.8) is 0 Å². The Morgan fingerprint density at radius 2 is 2.00 bits per heavy atom. The quantitative estimate of drug-likeness (QED) is 0.600. The molecule has 1 unspecified atom stereocenters. The largest absolute Gasteiger partial charge is 0.300 e. The topological polar surface area (TPSA) is 54.5 Å². The molecule has 1 atom stereocenters. The van der Waals surface area contributed by atoms with Crippen molar-refractivity contribution in [2.75, 3.05) is 6.54 Å². The summed E-state index contributed by atoms with van der Waals surface area (Å²) in [7, 11) is 0. The van der Waals surface area contributed by atoms with Crippen molar-refractivity contribution in [2.24, 2.45) is 5.92 Å². The number of Topliss-reactive ketones (excluding diaryl/α,β-unsaturated/α-hetero) is 1. The normalized spacial score (nSPS) is 11.9. The minimum absolute atomic E-state index is 0.0804. The van der Waals surface area contributed by atoms with Gasteiger partial charge in [0.1, 0.15) is 5.78 Å². The second-order valence-electron chi connectivity index (χ2n) is 3.75. The second kappa shape index (κ2) is 7.15. The maximum absolute atomic E-state index is 11.6. The van der Waals surface area contributed by atoms with Gasteiger partial charge in [-0.05, 0) is 19.8 Å². The van der Waals surface area contributed by atoms with Gasteiger partial charge in [0.25, 0.3) is 0 Å². The molecule has 0 bridgehead atoms. The van der Waals surface area contributed by atoms with E-state index in [-0.39, 0.29) is 17.6 Å². The number of carbonyl (C=O) groups excluding carboxylic acids is 3. The smallest absolute Gasteiger partial charge is 0.231 e. The fraction of sp³-hybridized carbons (Fsp3) is 0.727. The van der Waals surface area contributed by atoms with Gasteiger partial charge < -0.3 is 4.79 Å². The first-order valence-corrected chi connectivity index (χ1v) is 5.28. The molecule has 0 radical (unpaired) electrons. The third-order valence-electron chi connectivity index (χ3n) is 2.37. The van der Waals surface area contributed by atoms with Crippen molar-refractivity contribution in [2.45, 2.75) is 40.0 Å². The van der Waals surface area contributed by atoms with Crippen LogP contribution in [0.15, 0.2) is 0 Å². The monoisotopic (exact) mass is 213 g/mol. The molecule has 0 aliphatic rings. The maximum Gasteiger partial charge on any atom is 0.231 e. The van der Waals surface area contributed by atoms with Gasteiger partial charge in [-0.15, -0.1) is 0 Å². The Labute approximate surface area is 90.6 Å². The van der Waals surface area contributed by atoms with Gasteiger partial charge in [0.2, 0.25) is 12.3 Å². The van der Waals surface area contributed by atoms with E-state index in [1.807, 2.05) is 6.92 Å². The van der Waals surface area contributed by atoms with Gasteiger partial charge in [0.15, 0.2) is 0 Å². The van der Waals surface area contributed by atoms with E-state index < -0.39 is 0 Å². The molecule has 4 heteroatoms. The Balaban J connectivity index is 4.07. The molecule has 0 N–H and O–H groups in total. The number of imide groups is 1. The Morgan fingerprint density at radius 3 is 2.40 bits per heavy atom. The highest BCUT2D eigenvalue weighted by molar-refractivity contribution is 5.87. The molecule has 0 saturated heterocycles. The summed E-state index contributed by atoms with van der Waals surface area (Å²) in [5.41, 5.74) is 0. The highest BCUT2D eigenvalue weighted by Gasteiger charge is 2.17. The van der Waals surface area contributed by atoms with E-state index in [1.54, 1.807) is 6.92 Å². The van der Waals surface area contributed by atoms with Gasteiger partial charge in [0, 0.05) is 18.9 Å². The zero-order valence-corrected chi connectivity index (χ0v) is 9.66. The Bertz CT molecular complexity index is 238. The number of carbonyl (C=O) groups is 3. The molecule has 15 heavy (non-hydrogen) atoms. The minimum Gasteiger partial charge on any atom is -0.300 e. The van der Waals surface area contributed by atoms with Gasteiger partial charge in [-0.3, -0.25) is 14.5 Å². The van der Waals surface area contributed by atoms with Crippen molar-refractivity contribution >= 4 is 18.1 Å². The summed E-state index contributed by atoms with van der Waals surface area (Å²) in [4.78, 5) is 34.1. The lowest BCUT2D eigenvalue weighted by atomic mass is 10.1. The molecule has 0 aromatic rings. The Morgan fingerprint density at radius 1 is 1.40 bits per heavy atom. The number of hydrogen-bond donors (Lipinski definition) is 0. The van der Waals surface area contributed by atoms with Crippen molar-refractivity contribution in [1.29, 1.82) is 0 Å². The van der Waals surface area contributed by atoms with Crippen molar-refractivity contribution in [1.82, 2.24) is 4.90 Å². The summed E-state index contributed by atoms with van der Waals surface area (Å²) in [5.74, 6) is -0.208. The van der Waals surface area contributed by atoms with Crippen LogP contribution in [0.2, 0.25) is 0 Å². The fourth-order valence-electron chi connectivity index (χ4n) is 1.17. The van der Waals surface area contributed by atoms with E-state index in [0.29, 0.717) is 25.8 Å². The Kier molecular flexibility index (Phi) is 6.58. The Hall–Kier alpha value is -1.19. The lowest BCUT2D eigenvalue weighted by Crippen LogP contribution is -2.34. The fourth-order valence-corrected chi connectivity index (χ4v) is 1.17. The standard InChI is InChI=1S/C11H19NO3/c1-4-9(2)11(15)12(8-13)7-5-6-10(3)14/h8-9H,4-7H2,1-3H3. The van der Waals surface area contributed by atoms with E-state index in [0.717, 1.165) is 11.3 Å². The van der Waals surface area contributed by atoms with Crippen LogP contribution in [0.1, 0.15) is 40.0 Å². The SMILES string of the molecule is CCC(C)C(=O)N(C=O)CCCC(C)=O. The zero-order chi connectivity index (χ0) is 11.8. The molecular weight excluding hydrogens is 194 g/mol.